The van der Waals surface area contributed by atoms with Gasteiger partial charge < -0.3 is 4.98 Å². The van der Waals surface area contributed by atoms with E-state index in [9.17, 15) is 4.79 Å². The van der Waals surface area contributed by atoms with Gasteiger partial charge in [0.05, 0.1) is 39.5 Å². The van der Waals surface area contributed by atoms with Gasteiger partial charge in [-0.25, -0.2) is 4.98 Å². The highest BCUT2D eigenvalue weighted by Gasteiger charge is 2.17. The lowest BCUT2D eigenvalue weighted by atomic mass is 10.1. The highest BCUT2D eigenvalue weighted by Crippen LogP contribution is 2.35. The van der Waals surface area contributed by atoms with Crippen molar-refractivity contribution in [3.63, 3.8) is 0 Å². The maximum atomic E-state index is 11.7. The predicted octanol–water partition coefficient (Wildman–Crippen LogP) is 4.82. The Labute approximate surface area is 179 Å². The molecule has 0 spiro atoms. The summed E-state index contributed by atoms with van der Waals surface area (Å²) in [5, 5.41) is 15.3. The summed E-state index contributed by atoms with van der Waals surface area (Å²) in [7, 11) is 0. The number of rotatable bonds is 4. The van der Waals surface area contributed by atoms with E-state index < -0.39 is 0 Å². The summed E-state index contributed by atoms with van der Waals surface area (Å²) in [5.74, 6) is 0.734. The molecule has 0 radical (unpaired) electrons. The summed E-state index contributed by atoms with van der Waals surface area (Å²) in [6.07, 6.45) is 5.30. The van der Waals surface area contributed by atoms with Gasteiger partial charge in [-0.15, -0.1) is 11.3 Å². The second kappa shape index (κ2) is 6.71. The van der Waals surface area contributed by atoms with Crippen LogP contribution in [-0.4, -0.2) is 41.1 Å². The lowest BCUT2D eigenvalue weighted by molar-refractivity contribution is 0.102. The number of pyridine rings is 1. The van der Waals surface area contributed by atoms with Crippen LogP contribution in [0.25, 0.3) is 55.2 Å². The van der Waals surface area contributed by atoms with Gasteiger partial charge in [-0.2, -0.15) is 10.2 Å². The molecule has 0 atom stereocenters. The summed E-state index contributed by atoms with van der Waals surface area (Å²) in [6.45, 7) is 1.58. The van der Waals surface area contributed by atoms with Gasteiger partial charge in [0.1, 0.15) is 5.69 Å². The van der Waals surface area contributed by atoms with E-state index in [-0.39, 0.29) is 5.78 Å². The van der Waals surface area contributed by atoms with Crippen LogP contribution in [0.1, 0.15) is 16.6 Å². The summed E-state index contributed by atoms with van der Waals surface area (Å²) < 4.78 is 0. The van der Waals surface area contributed by atoms with Crippen LogP contribution in [0.3, 0.4) is 0 Å². The third-order valence-electron chi connectivity index (χ3n) is 5.20. The lowest BCUT2D eigenvalue weighted by Gasteiger charge is -1.98. The SMILES string of the molecule is CC(=O)c1ccc(-c2cccc3[nH]c(-c4n[nH]c5cnc(-c6cn[nH]c6)cc45)nc23)s1. The van der Waals surface area contributed by atoms with E-state index in [4.69, 9.17) is 4.98 Å². The van der Waals surface area contributed by atoms with Crippen LogP contribution in [0.5, 0.6) is 0 Å². The number of carbonyl (C=O) groups excluding carboxylic acids is 1. The first-order chi connectivity index (χ1) is 15.2. The number of thiophene rings is 1. The van der Waals surface area contributed by atoms with Gasteiger partial charge in [-0.1, -0.05) is 12.1 Å². The van der Waals surface area contributed by atoms with E-state index in [2.05, 4.69) is 30.4 Å². The third kappa shape index (κ3) is 2.86. The highest BCUT2D eigenvalue weighted by molar-refractivity contribution is 7.17. The van der Waals surface area contributed by atoms with E-state index >= 15 is 0 Å². The molecule has 9 heteroatoms. The van der Waals surface area contributed by atoms with Gasteiger partial charge >= 0.3 is 0 Å². The highest BCUT2D eigenvalue weighted by atomic mass is 32.1. The van der Waals surface area contributed by atoms with Crippen LogP contribution in [0, 0.1) is 0 Å². The first-order valence-electron chi connectivity index (χ1n) is 9.61. The number of hydrogen-bond donors (Lipinski definition) is 3. The Kier molecular flexibility index (Phi) is 3.84. The molecule has 5 heterocycles. The normalized spacial score (nSPS) is 11.5. The van der Waals surface area contributed by atoms with Crippen molar-refractivity contribution < 1.29 is 4.79 Å². The standard InChI is InChI=1S/C22H15N7OS/c1-11(30)18-5-6-19(31-18)13-3-2-4-15-20(13)27-22(26-15)21-14-7-16(12-8-24-25-9-12)23-10-17(14)28-29-21/h2-10H,1H3,(H,24,25)(H,26,27)(H,28,29). The van der Waals surface area contributed by atoms with Crippen LogP contribution in [0.2, 0.25) is 0 Å². The molecular formula is C22H15N7OS. The van der Waals surface area contributed by atoms with Gasteiger partial charge in [0.15, 0.2) is 11.6 Å². The minimum atomic E-state index is 0.0659. The van der Waals surface area contributed by atoms with Crippen molar-refractivity contribution in [1.29, 1.82) is 0 Å². The first kappa shape index (κ1) is 17.7. The fourth-order valence-electron chi connectivity index (χ4n) is 3.66. The second-order valence-electron chi connectivity index (χ2n) is 7.18. The van der Waals surface area contributed by atoms with E-state index in [0.29, 0.717) is 5.82 Å². The molecule has 0 aliphatic carbocycles. The third-order valence-corrected chi connectivity index (χ3v) is 6.42. The average molecular weight is 425 g/mol. The smallest absolute Gasteiger partial charge is 0.169 e. The number of H-pyrrole nitrogens is 3. The Hall–Kier alpha value is -4.11. The van der Waals surface area contributed by atoms with Crippen molar-refractivity contribution in [1.82, 2.24) is 35.3 Å². The van der Waals surface area contributed by atoms with Crippen molar-refractivity contribution in [2.75, 3.05) is 0 Å². The Morgan fingerprint density at radius 3 is 2.84 bits per heavy atom. The fourth-order valence-corrected chi connectivity index (χ4v) is 4.59. The average Bonchev–Trinajstić information content (AvgIpc) is 3.58. The van der Waals surface area contributed by atoms with E-state index in [0.717, 1.165) is 54.2 Å². The zero-order chi connectivity index (χ0) is 20.9. The largest absolute Gasteiger partial charge is 0.337 e. The molecule has 0 amide bonds. The zero-order valence-corrected chi connectivity index (χ0v) is 17.1. The number of imidazole rings is 1. The number of aromatic amines is 3. The number of nitrogens with one attached hydrogen (secondary N) is 3. The molecule has 0 unspecified atom stereocenters. The molecule has 0 fully saturated rings. The molecule has 0 bridgehead atoms. The Balaban J connectivity index is 1.50. The molecule has 0 saturated heterocycles. The zero-order valence-electron chi connectivity index (χ0n) is 16.3. The van der Waals surface area contributed by atoms with Gasteiger partial charge in [-0.3, -0.25) is 20.0 Å². The van der Waals surface area contributed by atoms with Crippen molar-refractivity contribution in [3.05, 3.63) is 59.9 Å². The maximum absolute atomic E-state index is 11.7. The first-order valence-corrected chi connectivity index (χ1v) is 10.4. The topological polar surface area (TPSA) is 116 Å². The van der Waals surface area contributed by atoms with Crippen LogP contribution in [-0.2, 0) is 0 Å². The van der Waals surface area contributed by atoms with Crippen LogP contribution in [0.15, 0.2) is 55.0 Å². The van der Waals surface area contributed by atoms with Crippen molar-refractivity contribution >= 4 is 39.1 Å². The number of para-hydroxylation sites is 1. The van der Waals surface area contributed by atoms with Crippen LogP contribution < -0.4 is 0 Å². The molecule has 6 rings (SSSR count). The quantitative estimate of drug-likeness (QED) is 0.350. The van der Waals surface area contributed by atoms with E-state index in [1.165, 1.54) is 11.3 Å². The van der Waals surface area contributed by atoms with Gasteiger partial charge in [0.2, 0.25) is 0 Å². The van der Waals surface area contributed by atoms with Crippen LogP contribution in [0.4, 0.5) is 0 Å². The van der Waals surface area contributed by atoms with Crippen LogP contribution >= 0.6 is 11.3 Å². The monoisotopic (exact) mass is 425 g/mol. The second-order valence-corrected chi connectivity index (χ2v) is 8.27. The van der Waals surface area contributed by atoms with E-state index in [1.54, 1.807) is 25.5 Å². The van der Waals surface area contributed by atoms with Gasteiger partial charge in [0, 0.05) is 27.6 Å². The maximum Gasteiger partial charge on any atom is 0.169 e. The Morgan fingerprint density at radius 1 is 1.10 bits per heavy atom. The molecule has 8 nitrogen and oxygen atoms in total. The number of nitrogens with zero attached hydrogens (tertiary/aromatic N) is 4. The number of aromatic nitrogens is 7. The van der Waals surface area contributed by atoms with Crippen molar-refractivity contribution in [2.45, 2.75) is 6.92 Å². The Bertz CT molecular complexity index is 1570. The number of fused-ring (bicyclic) bond motifs is 2. The van der Waals surface area contributed by atoms with Gasteiger partial charge in [0.25, 0.3) is 0 Å². The van der Waals surface area contributed by atoms with Crippen molar-refractivity contribution in [2.24, 2.45) is 0 Å². The summed E-state index contributed by atoms with van der Waals surface area (Å²) in [4.78, 5) is 26.2. The fraction of sp³-hybridized carbons (Fsp3) is 0.0455. The molecule has 0 aliphatic rings. The lowest BCUT2D eigenvalue weighted by Crippen LogP contribution is -1.84. The van der Waals surface area contributed by atoms with E-state index in [1.807, 2.05) is 36.4 Å². The number of hydrogen-bond acceptors (Lipinski definition) is 6. The number of carbonyl (C=O) groups is 1. The molecule has 31 heavy (non-hydrogen) atoms. The molecule has 1 aromatic carbocycles. The van der Waals surface area contributed by atoms with Gasteiger partial charge in [-0.05, 0) is 31.2 Å². The summed E-state index contributed by atoms with van der Waals surface area (Å²) in [6, 6.07) is 11.8. The minimum absolute atomic E-state index is 0.0659. The summed E-state index contributed by atoms with van der Waals surface area (Å²) in [5.41, 5.74) is 5.99. The molecule has 3 N–H and O–H groups in total. The molecule has 150 valence electrons. The molecule has 0 aliphatic heterocycles. The predicted molar refractivity (Wildman–Crippen MR) is 120 cm³/mol. The van der Waals surface area contributed by atoms with Crippen molar-refractivity contribution in [3.8, 4) is 33.2 Å². The molecular weight excluding hydrogens is 410 g/mol. The Morgan fingerprint density at radius 2 is 2.03 bits per heavy atom. The molecule has 0 saturated carbocycles. The molecule has 6 aromatic rings. The minimum Gasteiger partial charge on any atom is -0.337 e. The molecule has 5 aromatic heterocycles. The number of benzene rings is 1. The number of Topliss-reactive ketones (excluding diaryl/α,β-unsaturated/α-hetero) is 1. The number of ketones is 1. The summed E-state index contributed by atoms with van der Waals surface area (Å²) >= 11 is 1.48.